The minimum absolute atomic E-state index is 0. The third kappa shape index (κ3) is 8.28. The predicted molar refractivity (Wildman–Crippen MR) is 76.8 cm³/mol. The molecule has 0 radical (unpaired) electrons. The maximum Gasteiger partial charge on any atom is 0.0594 e. The lowest BCUT2D eigenvalue weighted by Gasteiger charge is -2.25. The molecule has 100 valence electrons. The van der Waals surface area contributed by atoms with Crippen LogP contribution in [0.5, 0.6) is 0 Å². The van der Waals surface area contributed by atoms with Gasteiger partial charge in [0.1, 0.15) is 0 Å². The van der Waals surface area contributed by atoms with Crippen molar-refractivity contribution in [3.8, 4) is 0 Å². The van der Waals surface area contributed by atoms with Gasteiger partial charge in [-0.3, -0.25) is 0 Å². The lowest BCUT2D eigenvalue weighted by atomic mass is 10.3. The summed E-state index contributed by atoms with van der Waals surface area (Å²) in [6.45, 7) is 9.51. The van der Waals surface area contributed by atoms with Crippen LogP contribution in [0.25, 0.3) is 0 Å². The van der Waals surface area contributed by atoms with Crippen molar-refractivity contribution in [2.24, 2.45) is 0 Å². The number of halogens is 1. The summed E-state index contributed by atoms with van der Waals surface area (Å²) in [6.07, 6.45) is 14.8. The van der Waals surface area contributed by atoms with Gasteiger partial charge in [0.15, 0.2) is 0 Å². The molecule has 0 rings (SSSR count). The zero-order chi connectivity index (χ0) is 11.6. The second-order valence-electron chi connectivity index (χ2n) is 4.84. The largest absolute Gasteiger partial charge is 1.00 e. The number of hydrogen-bond donors (Lipinski definition) is 0. The van der Waals surface area contributed by atoms with E-state index in [1.165, 1.54) is 50.8 Å². The van der Waals surface area contributed by atoms with Gasteiger partial charge in [0.05, 0.1) is 24.6 Å². The number of rotatable bonds is 10. The Morgan fingerprint density at radius 3 is 1.25 bits per heavy atom. The molecule has 0 aromatic rings. The van der Waals surface area contributed by atoms with Crippen molar-refractivity contribution in [1.82, 2.24) is 0 Å². The fourth-order valence-corrected chi connectivity index (χ4v) is 6.09. The molecule has 0 aromatic heterocycles. The maximum atomic E-state index is 2.44. The van der Waals surface area contributed by atoms with Crippen LogP contribution in [0, 0.1) is 0 Å². The Kier molecular flexibility index (Phi) is 15.4. The normalized spacial score (nSPS) is 11.2. The van der Waals surface area contributed by atoms with Crippen LogP contribution in [-0.2, 0) is 0 Å². The molecule has 0 nitrogen and oxygen atoms in total. The van der Waals surface area contributed by atoms with Crippen molar-refractivity contribution in [2.45, 2.75) is 66.2 Å². The molecule has 0 N–H and O–H groups in total. The van der Waals surface area contributed by atoms with Crippen LogP contribution in [-0.4, -0.2) is 24.6 Å². The standard InChI is InChI=1S/C14H32P.HI/c1-5-9-11-13-15(7-3,8-4)14-12-10-6-2;/h5-14H2,1-4H3;1H/q+1;/p-1. The van der Waals surface area contributed by atoms with Crippen molar-refractivity contribution in [1.29, 1.82) is 0 Å². The van der Waals surface area contributed by atoms with Gasteiger partial charge in [0.2, 0.25) is 0 Å². The molecule has 0 aromatic carbocycles. The average Bonchev–Trinajstić information content (AvgIpc) is 2.28. The van der Waals surface area contributed by atoms with Crippen LogP contribution in [0.2, 0.25) is 0 Å². The Morgan fingerprint density at radius 1 is 0.625 bits per heavy atom. The first-order valence-corrected chi connectivity index (χ1v) is 9.62. The molecule has 0 unspecified atom stereocenters. The van der Waals surface area contributed by atoms with Crippen molar-refractivity contribution >= 4 is 7.26 Å². The van der Waals surface area contributed by atoms with Gasteiger partial charge in [-0.25, -0.2) is 0 Å². The van der Waals surface area contributed by atoms with Crippen LogP contribution < -0.4 is 24.0 Å². The van der Waals surface area contributed by atoms with Crippen LogP contribution in [0.4, 0.5) is 0 Å². The van der Waals surface area contributed by atoms with E-state index in [4.69, 9.17) is 0 Å². The fraction of sp³-hybridized carbons (Fsp3) is 1.00. The number of unbranched alkanes of at least 4 members (excludes halogenated alkanes) is 4. The minimum atomic E-state index is -0.517. The lowest BCUT2D eigenvalue weighted by Crippen LogP contribution is -3.00. The summed E-state index contributed by atoms with van der Waals surface area (Å²) in [4.78, 5) is 0. The zero-order valence-electron chi connectivity index (χ0n) is 11.9. The molecule has 0 amide bonds. The van der Waals surface area contributed by atoms with Gasteiger partial charge >= 0.3 is 0 Å². The van der Waals surface area contributed by atoms with Crippen molar-refractivity contribution in [3.63, 3.8) is 0 Å². The van der Waals surface area contributed by atoms with Gasteiger partial charge in [-0.1, -0.05) is 39.5 Å². The van der Waals surface area contributed by atoms with Crippen LogP contribution >= 0.6 is 7.26 Å². The second kappa shape index (κ2) is 12.6. The van der Waals surface area contributed by atoms with Gasteiger partial charge in [0.25, 0.3) is 0 Å². The lowest BCUT2D eigenvalue weighted by molar-refractivity contribution is -0.00000357. The van der Waals surface area contributed by atoms with Crippen LogP contribution in [0.15, 0.2) is 0 Å². The molecule has 0 aliphatic carbocycles. The predicted octanol–water partition coefficient (Wildman–Crippen LogP) is 2.43. The first kappa shape index (κ1) is 19.5. The van der Waals surface area contributed by atoms with Gasteiger partial charge in [0, 0.05) is 7.26 Å². The van der Waals surface area contributed by atoms with Gasteiger partial charge in [-0.05, 0) is 26.7 Å². The van der Waals surface area contributed by atoms with Crippen molar-refractivity contribution in [3.05, 3.63) is 0 Å². The molecule has 0 heterocycles. The zero-order valence-corrected chi connectivity index (χ0v) is 14.9. The van der Waals surface area contributed by atoms with Gasteiger partial charge < -0.3 is 24.0 Å². The Hall–Kier alpha value is 1.16. The first-order valence-electron chi connectivity index (χ1n) is 7.09. The van der Waals surface area contributed by atoms with Crippen molar-refractivity contribution in [2.75, 3.05) is 24.6 Å². The van der Waals surface area contributed by atoms with E-state index in [1.54, 1.807) is 12.3 Å². The quantitative estimate of drug-likeness (QED) is 0.320. The van der Waals surface area contributed by atoms with Crippen molar-refractivity contribution < 1.29 is 24.0 Å². The molecular formula is C14H32IP. The summed E-state index contributed by atoms with van der Waals surface area (Å²) in [5.41, 5.74) is 0. The fourth-order valence-electron chi connectivity index (χ4n) is 2.36. The van der Waals surface area contributed by atoms with E-state index in [0.29, 0.717) is 0 Å². The molecule has 0 fully saturated rings. The summed E-state index contributed by atoms with van der Waals surface area (Å²) >= 11 is 0. The Labute approximate surface area is 122 Å². The third-order valence-electron chi connectivity index (χ3n) is 3.81. The van der Waals surface area contributed by atoms with E-state index < -0.39 is 7.26 Å². The van der Waals surface area contributed by atoms with E-state index in [-0.39, 0.29) is 24.0 Å². The highest BCUT2D eigenvalue weighted by Gasteiger charge is 2.31. The summed E-state index contributed by atoms with van der Waals surface area (Å²) < 4.78 is 0. The highest BCUT2D eigenvalue weighted by molar-refractivity contribution is 7.75. The topological polar surface area (TPSA) is 0 Å². The highest BCUT2D eigenvalue weighted by atomic mass is 127. The maximum absolute atomic E-state index is 2.44. The van der Waals surface area contributed by atoms with Crippen LogP contribution in [0.3, 0.4) is 0 Å². The third-order valence-corrected chi connectivity index (χ3v) is 9.03. The molecule has 0 aliphatic rings. The van der Waals surface area contributed by atoms with Gasteiger partial charge in [-0.15, -0.1) is 0 Å². The summed E-state index contributed by atoms with van der Waals surface area (Å²) in [6, 6.07) is 0. The first-order chi connectivity index (χ1) is 7.24. The van der Waals surface area contributed by atoms with E-state index in [2.05, 4.69) is 27.7 Å². The monoisotopic (exact) mass is 358 g/mol. The van der Waals surface area contributed by atoms with Crippen LogP contribution in [0.1, 0.15) is 66.2 Å². The minimum Gasteiger partial charge on any atom is -1.00 e. The number of hydrogen-bond acceptors (Lipinski definition) is 0. The second-order valence-corrected chi connectivity index (χ2v) is 9.68. The summed E-state index contributed by atoms with van der Waals surface area (Å²) in [5, 5.41) is 0. The van der Waals surface area contributed by atoms with Gasteiger partial charge in [-0.2, -0.15) is 0 Å². The molecule has 0 atom stereocenters. The Morgan fingerprint density at radius 2 is 1.00 bits per heavy atom. The van der Waals surface area contributed by atoms with E-state index in [0.717, 1.165) is 0 Å². The molecule has 0 aliphatic heterocycles. The molecular weight excluding hydrogens is 326 g/mol. The summed E-state index contributed by atoms with van der Waals surface area (Å²) in [5.74, 6) is 0. The highest BCUT2D eigenvalue weighted by Crippen LogP contribution is 2.59. The summed E-state index contributed by atoms with van der Waals surface area (Å²) in [7, 11) is -0.517. The molecule has 2 heteroatoms. The Balaban J connectivity index is 0. The average molecular weight is 358 g/mol. The van der Waals surface area contributed by atoms with E-state index in [9.17, 15) is 0 Å². The van der Waals surface area contributed by atoms with E-state index >= 15 is 0 Å². The molecule has 0 saturated heterocycles. The molecule has 16 heavy (non-hydrogen) atoms. The SMILES string of the molecule is CCCCC[P+](CC)(CC)CCCCC.[I-]. The van der Waals surface area contributed by atoms with E-state index in [1.807, 2.05) is 0 Å². The molecule has 0 spiro atoms. The molecule has 0 bridgehead atoms. The molecule has 0 saturated carbocycles. The Bertz CT molecular complexity index is 121. The smallest absolute Gasteiger partial charge is 0.0594 e.